The van der Waals surface area contributed by atoms with Gasteiger partial charge in [0.25, 0.3) is 6.01 Å². The van der Waals surface area contributed by atoms with Crippen molar-refractivity contribution in [2.45, 2.75) is 25.6 Å². The predicted molar refractivity (Wildman–Crippen MR) is 128 cm³/mol. The Hall–Kier alpha value is -4.34. The molecule has 4 aromatic rings. The third-order valence-corrected chi connectivity index (χ3v) is 6.10. The van der Waals surface area contributed by atoms with Crippen LogP contribution in [0.15, 0.2) is 53.1 Å². The van der Waals surface area contributed by atoms with Gasteiger partial charge in [0.2, 0.25) is 5.88 Å². The molecule has 3 heterocycles. The first-order valence-electron chi connectivity index (χ1n) is 11.2. The van der Waals surface area contributed by atoms with Crippen LogP contribution in [-0.2, 0) is 29.1 Å². The van der Waals surface area contributed by atoms with Gasteiger partial charge in [-0.25, -0.2) is 14.2 Å². The van der Waals surface area contributed by atoms with E-state index in [9.17, 15) is 9.18 Å². The number of nitrogens with zero attached hydrogens (tertiary/aromatic N) is 3. The summed E-state index contributed by atoms with van der Waals surface area (Å²) in [4.78, 5) is 23.3. The van der Waals surface area contributed by atoms with Gasteiger partial charge in [0, 0.05) is 42.4 Å². The van der Waals surface area contributed by atoms with Gasteiger partial charge in [-0.1, -0.05) is 6.07 Å². The number of fused-ring (bicyclic) bond motifs is 2. The number of pyridine rings is 1. The topological polar surface area (TPSA) is 96.2 Å². The zero-order valence-electron chi connectivity index (χ0n) is 20.0. The number of benzene rings is 2. The first kappa shape index (κ1) is 23.4. The van der Waals surface area contributed by atoms with Crippen LogP contribution in [0.1, 0.15) is 16.7 Å². The van der Waals surface area contributed by atoms with Crippen molar-refractivity contribution in [3.8, 4) is 17.4 Å². The van der Waals surface area contributed by atoms with E-state index in [2.05, 4.69) is 9.97 Å². The van der Waals surface area contributed by atoms with Crippen LogP contribution in [0.4, 0.5) is 10.4 Å². The van der Waals surface area contributed by atoms with E-state index in [4.69, 9.17) is 23.4 Å². The van der Waals surface area contributed by atoms with E-state index < -0.39 is 17.8 Å². The SMILES string of the molecule is COC(=O)[C@@H]1Cc2c(ccc(OC)c2OCc2ccc(OC)nc2)CN1c1nc2ccc(F)cc2o1. The molecule has 186 valence electrons. The van der Waals surface area contributed by atoms with Crippen LogP contribution in [0.2, 0.25) is 0 Å². The molecule has 0 unspecified atom stereocenters. The first-order valence-corrected chi connectivity index (χ1v) is 11.2. The Morgan fingerprint density at radius 3 is 2.72 bits per heavy atom. The number of rotatable bonds is 7. The third-order valence-electron chi connectivity index (χ3n) is 6.10. The Bertz CT molecular complexity index is 1410. The highest BCUT2D eigenvalue weighted by molar-refractivity contribution is 5.82. The number of carbonyl (C=O) groups excluding carboxylic acids is 1. The molecule has 36 heavy (non-hydrogen) atoms. The Morgan fingerprint density at radius 1 is 1.14 bits per heavy atom. The highest BCUT2D eigenvalue weighted by Crippen LogP contribution is 2.40. The van der Waals surface area contributed by atoms with Crippen molar-refractivity contribution in [1.82, 2.24) is 9.97 Å². The molecule has 0 N–H and O–H groups in total. The minimum absolute atomic E-state index is 0.208. The lowest BCUT2D eigenvalue weighted by molar-refractivity contribution is -0.142. The molecule has 2 aromatic heterocycles. The second kappa shape index (κ2) is 9.73. The average molecular weight is 493 g/mol. The van der Waals surface area contributed by atoms with Crippen molar-refractivity contribution >= 4 is 23.1 Å². The van der Waals surface area contributed by atoms with Crippen LogP contribution < -0.4 is 19.1 Å². The molecule has 1 atom stereocenters. The monoisotopic (exact) mass is 493 g/mol. The van der Waals surface area contributed by atoms with Crippen molar-refractivity contribution in [2.24, 2.45) is 0 Å². The second-order valence-electron chi connectivity index (χ2n) is 8.21. The van der Waals surface area contributed by atoms with Crippen LogP contribution in [0.5, 0.6) is 17.4 Å². The van der Waals surface area contributed by atoms with Gasteiger partial charge in [0.15, 0.2) is 17.1 Å². The van der Waals surface area contributed by atoms with Crippen LogP contribution in [0.25, 0.3) is 11.1 Å². The third kappa shape index (κ3) is 4.37. The molecule has 0 spiro atoms. The lowest BCUT2D eigenvalue weighted by Gasteiger charge is -2.35. The predicted octanol–water partition coefficient (Wildman–Crippen LogP) is 4.06. The lowest BCUT2D eigenvalue weighted by Crippen LogP contribution is -2.46. The molecule has 0 fully saturated rings. The summed E-state index contributed by atoms with van der Waals surface area (Å²) in [5.41, 5.74) is 3.37. The maximum absolute atomic E-state index is 13.7. The Kier molecular flexibility index (Phi) is 6.32. The maximum atomic E-state index is 13.7. The van der Waals surface area contributed by atoms with E-state index >= 15 is 0 Å². The fourth-order valence-corrected chi connectivity index (χ4v) is 4.26. The largest absolute Gasteiger partial charge is 0.493 e. The zero-order chi connectivity index (χ0) is 25.2. The molecular formula is C26H24FN3O6. The molecule has 9 nitrogen and oxygen atoms in total. The Labute approximate surface area is 206 Å². The van der Waals surface area contributed by atoms with Gasteiger partial charge in [0.05, 0.1) is 21.3 Å². The molecule has 0 amide bonds. The number of carbonyl (C=O) groups is 1. The number of hydrogen-bond donors (Lipinski definition) is 0. The summed E-state index contributed by atoms with van der Waals surface area (Å²) in [6.45, 7) is 0.544. The minimum Gasteiger partial charge on any atom is -0.493 e. The normalized spacial score (nSPS) is 14.9. The summed E-state index contributed by atoms with van der Waals surface area (Å²) in [6.07, 6.45) is 1.94. The highest BCUT2D eigenvalue weighted by Gasteiger charge is 2.37. The standard InChI is InChI=1S/C26H24FN3O6/c1-32-21-8-5-16-13-30(26-29-19-7-6-17(27)10-22(19)36-26)20(25(31)34-3)11-18(16)24(21)35-14-15-4-9-23(33-2)28-12-15/h4-10,12,20H,11,13-14H2,1-3H3/t20-/m0/s1. The Balaban J connectivity index is 1.50. The maximum Gasteiger partial charge on any atom is 0.329 e. The van der Waals surface area contributed by atoms with Gasteiger partial charge in [-0.15, -0.1) is 0 Å². The van der Waals surface area contributed by atoms with Crippen LogP contribution in [0.3, 0.4) is 0 Å². The van der Waals surface area contributed by atoms with E-state index in [1.807, 2.05) is 18.2 Å². The summed E-state index contributed by atoms with van der Waals surface area (Å²) in [5, 5.41) is 0. The average Bonchev–Trinajstić information content (AvgIpc) is 3.33. The smallest absolute Gasteiger partial charge is 0.329 e. The van der Waals surface area contributed by atoms with Crippen molar-refractivity contribution in [1.29, 1.82) is 0 Å². The summed E-state index contributed by atoms with van der Waals surface area (Å²) < 4.78 is 41.5. The van der Waals surface area contributed by atoms with Crippen LogP contribution >= 0.6 is 0 Å². The summed E-state index contributed by atoms with van der Waals surface area (Å²) >= 11 is 0. The summed E-state index contributed by atoms with van der Waals surface area (Å²) in [7, 11) is 4.45. The van der Waals surface area contributed by atoms with Crippen molar-refractivity contribution in [2.75, 3.05) is 26.2 Å². The number of oxazole rings is 1. The van der Waals surface area contributed by atoms with E-state index in [0.29, 0.717) is 35.0 Å². The highest BCUT2D eigenvalue weighted by atomic mass is 19.1. The van der Waals surface area contributed by atoms with E-state index in [-0.39, 0.29) is 19.0 Å². The van der Waals surface area contributed by atoms with Crippen LogP contribution in [0, 0.1) is 5.82 Å². The van der Waals surface area contributed by atoms with Gasteiger partial charge in [-0.2, -0.15) is 4.98 Å². The lowest BCUT2D eigenvalue weighted by atomic mass is 9.92. The molecule has 1 aliphatic heterocycles. The minimum atomic E-state index is -0.738. The molecule has 0 aliphatic carbocycles. The summed E-state index contributed by atoms with van der Waals surface area (Å²) in [6, 6.07) is 10.9. The zero-order valence-corrected chi connectivity index (χ0v) is 20.0. The van der Waals surface area contributed by atoms with Crippen molar-refractivity contribution in [3.63, 3.8) is 0 Å². The first-order chi connectivity index (χ1) is 17.5. The molecule has 0 radical (unpaired) electrons. The van der Waals surface area contributed by atoms with Gasteiger partial charge < -0.3 is 28.3 Å². The molecule has 10 heteroatoms. The van der Waals surface area contributed by atoms with E-state index in [1.54, 1.807) is 31.4 Å². The fourth-order valence-electron chi connectivity index (χ4n) is 4.26. The van der Waals surface area contributed by atoms with Gasteiger partial charge in [-0.05, 0) is 29.8 Å². The number of anilines is 1. The van der Waals surface area contributed by atoms with Crippen LogP contribution in [-0.4, -0.2) is 43.3 Å². The quantitative estimate of drug-likeness (QED) is 0.353. The molecular weight excluding hydrogens is 469 g/mol. The number of halogens is 1. The molecule has 0 saturated heterocycles. The van der Waals surface area contributed by atoms with Gasteiger partial charge >= 0.3 is 5.97 Å². The van der Waals surface area contributed by atoms with Gasteiger partial charge in [-0.3, -0.25) is 0 Å². The number of ether oxygens (including phenoxy) is 4. The van der Waals surface area contributed by atoms with E-state index in [0.717, 1.165) is 16.7 Å². The van der Waals surface area contributed by atoms with E-state index in [1.165, 1.54) is 25.3 Å². The number of hydrogen-bond acceptors (Lipinski definition) is 9. The fraction of sp³-hybridized carbons (Fsp3) is 0.269. The molecule has 0 bridgehead atoms. The number of esters is 1. The second-order valence-corrected chi connectivity index (χ2v) is 8.21. The summed E-state index contributed by atoms with van der Waals surface area (Å²) in [5.74, 6) is 0.710. The molecule has 0 saturated carbocycles. The van der Waals surface area contributed by atoms with Crippen molar-refractivity contribution < 1.29 is 32.5 Å². The Morgan fingerprint density at radius 2 is 2.00 bits per heavy atom. The number of aromatic nitrogens is 2. The van der Waals surface area contributed by atoms with Crippen molar-refractivity contribution in [3.05, 3.63) is 71.2 Å². The molecule has 2 aromatic carbocycles. The molecule has 1 aliphatic rings. The molecule has 5 rings (SSSR count). The van der Waals surface area contributed by atoms with Gasteiger partial charge in [0.1, 0.15) is 24.0 Å². The number of methoxy groups -OCH3 is 3.